The highest BCUT2D eigenvalue weighted by molar-refractivity contribution is 6.32. The number of rotatable bonds is 3. The number of halogens is 1. The van der Waals surface area contributed by atoms with Crippen LogP contribution in [0.4, 0.5) is 11.4 Å². The van der Waals surface area contributed by atoms with Crippen molar-refractivity contribution in [3.05, 3.63) is 58.6 Å². The van der Waals surface area contributed by atoms with Crippen LogP contribution in [0.1, 0.15) is 25.0 Å². The molecule has 110 valence electrons. The maximum absolute atomic E-state index is 6.46. The number of hydrazine groups is 1. The normalized spacial score (nSPS) is 15.9. The average Bonchev–Trinajstić information content (AvgIpc) is 2.73. The molecule has 0 bridgehead atoms. The Kier molecular flexibility index (Phi) is 3.56. The van der Waals surface area contributed by atoms with E-state index in [9.17, 15) is 0 Å². The fourth-order valence-corrected chi connectivity index (χ4v) is 3.64. The number of fused-ring (bicyclic) bond motifs is 1. The van der Waals surface area contributed by atoms with Crippen LogP contribution >= 0.6 is 11.6 Å². The Labute approximate surface area is 130 Å². The van der Waals surface area contributed by atoms with Crippen molar-refractivity contribution < 1.29 is 0 Å². The molecule has 0 saturated carbocycles. The van der Waals surface area contributed by atoms with Crippen LogP contribution in [0.5, 0.6) is 0 Å². The number of benzene rings is 2. The SMILES string of the molecule is CC1(C)CN(Cc2ccccc2)c2c(NN)ccc(Cl)c21. The summed E-state index contributed by atoms with van der Waals surface area (Å²) in [4.78, 5) is 2.35. The molecule has 0 spiro atoms. The minimum atomic E-state index is 0.00799. The molecule has 0 amide bonds. The van der Waals surface area contributed by atoms with Crippen molar-refractivity contribution in [3.8, 4) is 0 Å². The molecule has 2 aromatic rings. The van der Waals surface area contributed by atoms with Crippen molar-refractivity contribution in [1.29, 1.82) is 0 Å². The minimum Gasteiger partial charge on any atom is -0.364 e. The van der Waals surface area contributed by atoms with Gasteiger partial charge in [-0.2, -0.15) is 0 Å². The first-order valence-corrected chi connectivity index (χ1v) is 7.49. The van der Waals surface area contributed by atoms with Crippen molar-refractivity contribution in [2.45, 2.75) is 25.8 Å². The number of hydrogen-bond donors (Lipinski definition) is 2. The van der Waals surface area contributed by atoms with Gasteiger partial charge in [0.15, 0.2) is 0 Å². The fourth-order valence-electron chi connectivity index (χ4n) is 3.23. The molecule has 21 heavy (non-hydrogen) atoms. The Morgan fingerprint density at radius 1 is 1.19 bits per heavy atom. The van der Waals surface area contributed by atoms with E-state index in [0.29, 0.717) is 0 Å². The van der Waals surface area contributed by atoms with Gasteiger partial charge in [-0.1, -0.05) is 55.8 Å². The Bertz CT molecular complexity index is 653. The van der Waals surface area contributed by atoms with E-state index in [-0.39, 0.29) is 5.41 Å². The third-order valence-corrected chi connectivity index (χ3v) is 4.39. The van der Waals surface area contributed by atoms with Gasteiger partial charge in [0.1, 0.15) is 0 Å². The standard InChI is InChI=1S/C17H20ClN3/c1-17(2)11-21(10-12-6-4-3-5-7-12)16-14(20-19)9-8-13(18)15(16)17/h3-9,20H,10-11,19H2,1-2H3. The van der Waals surface area contributed by atoms with E-state index in [1.54, 1.807) is 0 Å². The second kappa shape index (κ2) is 5.24. The Balaban J connectivity index is 2.06. The van der Waals surface area contributed by atoms with Gasteiger partial charge in [-0.25, -0.2) is 0 Å². The molecular weight excluding hydrogens is 282 g/mol. The Hall–Kier alpha value is -1.71. The van der Waals surface area contributed by atoms with Gasteiger partial charge in [0.2, 0.25) is 0 Å². The summed E-state index contributed by atoms with van der Waals surface area (Å²) >= 11 is 6.46. The van der Waals surface area contributed by atoms with Crippen molar-refractivity contribution in [2.75, 3.05) is 16.9 Å². The molecule has 0 fully saturated rings. The summed E-state index contributed by atoms with van der Waals surface area (Å²) in [7, 11) is 0. The van der Waals surface area contributed by atoms with E-state index in [2.05, 4.69) is 48.4 Å². The molecule has 0 aromatic heterocycles. The number of nitrogens with zero attached hydrogens (tertiary/aromatic N) is 1. The lowest BCUT2D eigenvalue weighted by Gasteiger charge is -2.23. The van der Waals surface area contributed by atoms with E-state index in [1.165, 1.54) is 11.1 Å². The molecule has 3 rings (SSSR count). The fraction of sp³-hybridized carbons (Fsp3) is 0.294. The zero-order valence-electron chi connectivity index (χ0n) is 12.4. The number of nitrogens with two attached hydrogens (primary N) is 1. The highest BCUT2D eigenvalue weighted by Gasteiger charge is 2.38. The first kappa shape index (κ1) is 14.2. The lowest BCUT2D eigenvalue weighted by atomic mass is 9.86. The van der Waals surface area contributed by atoms with Gasteiger partial charge in [-0.05, 0) is 17.7 Å². The summed E-state index contributed by atoms with van der Waals surface area (Å²) in [6.45, 7) is 6.23. The van der Waals surface area contributed by atoms with Crippen LogP contribution in [0.15, 0.2) is 42.5 Å². The molecule has 0 unspecified atom stereocenters. The predicted octanol–water partition coefficient (Wildman–Crippen LogP) is 3.92. The molecule has 1 heterocycles. The molecule has 0 atom stereocenters. The number of nitrogens with one attached hydrogen (secondary N) is 1. The topological polar surface area (TPSA) is 41.3 Å². The van der Waals surface area contributed by atoms with Gasteiger partial charge in [-0.3, -0.25) is 5.84 Å². The Morgan fingerprint density at radius 2 is 1.90 bits per heavy atom. The molecule has 2 aromatic carbocycles. The van der Waals surface area contributed by atoms with Gasteiger partial charge < -0.3 is 10.3 Å². The molecular formula is C17H20ClN3. The highest BCUT2D eigenvalue weighted by Crippen LogP contribution is 2.48. The van der Waals surface area contributed by atoms with E-state index < -0.39 is 0 Å². The van der Waals surface area contributed by atoms with Crippen LogP contribution in [0.25, 0.3) is 0 Å². The van der Waals surface area contributed by atoms with E-state index in [0.717, 1.165) is 29.5 Å². The summed E-state index contributed by atoms with van der Waals surface area (Å²) in [6, 6.07) is 14.3. The van der Waals surface area contributed by atoms with Crippen LogP contribution in [-0.4, -0.2) is 6.54 Å². The van der Waals surface area contributed by atoms with E-state index >= 15 is 0 Å². The summed E-state index contributed by atoms with van der Waals surface area (Å²) < 4.78 is 0. The lowest BCUT2D eigenvalue weighted by Crippen LogP contribution is -2.28. The zero-order chi connectivity index (χ0) is 15.0. The van der Waals surface area contributed by atoms with Crippen molar-refractivity contribution in [2.24, 2.45) is 5.84 Å². The molecule has 0 radical (unpaired) electrons. The summed E-state index contributed by atoms with van der Waals surface area (Å²) in [5, 5.41) is 0.810. The van der Waals surface area contributed by atoms with Crippen molar-refractivity contribution in [3.63, 3.8) is 0 Å². The first-order chi connectivity index (χ1) is 10.0. The third-order valence-electron chi connectivity index (χ3n) is 4.08. The zero-order valence-corrected chi connectivity index (χ0v) is 13.1. The summed E-state index contributed by atoms with van der Waals surface area (Å²) in [5.41, 5.74) is 7.32. The van der Waals surface area contributed by atoms with Gasteiger partial charge >= 0.3 is 0 Å². The molecule has 0 saturated heterocycles. The van der Waals surface area contributed by atoms with Gasteiger partial charge in [-0.15, -0.1) is 0 Å². The van der Waals surface area contributed by atoms with Crippen LogP contribution < -0.4 is 16.2 Å². The van der Waals surface area contributed by atoms with Crippen LogP contribution in [0.2, 0.25) is 5.02 Å². The quantitative estimate of drug-likeness (QED) is 0.667. The van der Waals surface area contributed by atoms with Crippen LogP contribution in [-0.2, 0) is 12.0 Å². The molecule has 3 N–H and O–H groups in total. The number of hydrogen-bond acceptors (Lipinski definition) is 3. The Morgan fingerprint density at radius 3 is 2.57 bits per heavy atom. The van der Waals surface area contributed by atoms with E-state index in [4.69, 9.17) is 17.4 Å². The second-order valence-corrected chi connectivity index (χ2v) is 6.60. The third kappa shape index (κ3) is 2.47. The smallest absolute Gasteiger partial charge is 0.0724 e. The molecule has 4 heteroatoms. The maximum Gasteiger partial charge on any atom is 0.0724 e. The minimum absolute atomic E-state index is 0.00799. The molecule has 3 nitrogen and oxygen atoms in total. The lowest BCUT2D eigenvalue weighted by molar-refractivity contribution is 0.550. The maximum atomic E-state index is 6.46. The molecule has 0 aliphatic carbocycles. The van der Waals surface area contributed by atoms with Gasteiger partial charge in [0.05, 0.1) is 11.4 Å². The largest absolute Gasteiger partial charge is 0.364 e. The monoisotopic (exact) mass is 301 g/mol. The summed E-state index contributed by atoms with van der Waals surface area (Å²) in [6.07, 6.45) is 0. The molecule has 1 aliphatic rings. The molecule has 1 aliphatic heterocycles. The number of nitrogen functional groups attached to an aromatic ring is 1. The summed E-state index contributed by atoms with van der Waals surface area (Å²) in [5.74, 6) is 5.70. The van der Waals surface area contributed by atoms with Crippen LogP contribution in [0.3, 0.4) is 0 Å². The van der Waals surface area contributed by atoms with Crippen molar-refractivity contribution in [1.82, 2.24) is 0 Å². The first-order valence-electron chi connectivity index (χ1n) is 7.11. The van der Waals surface area contributed by atoms with Gasteiger partial charge in [0, 0.05) is 29.1 Å². The highest BCUT2D eigenvalue weighted by atomic mass is 35.5. The average molecular weight is 302 g/mol. The predicted molar refractivity (Wildman–Crippen MR) is 89.8 cm³/mol. The van der Waals surface area contributed by atoms with Crippen LogP contribution in [0, 0.1) is 0 Å². The number of anilines is 2. The van der Waals surface area contributed by atoms with Gasteiger partial charge in [0.25, 0.3) is 0 Å². The van der Waals surface area contributed by atoms with Crippen molar-refractivity contribution >= 4 is 23.0 Å². The second-order valence-electron chi connectivity index (χ2n) is 6.19. The van der Waals surface area contributed by atoms with E-state index in [1.807, 2.05) is 18.2 Å².